The number of primary amides is 1. The van der Waals surface area contributed by atoms with Gasteiger partial charge in [0.05, 0.1) is 134 Å². The van der Waals surface area contributed by atoms with Crippen molar-refractivity contribution in [1.29, 1.82) is 0 Å². The van der Waals surface area contributed by atoms with Gasteiger partial charge in [-0.25, -0.2) is 23.8 Å². The van der Waals surface area contributed by atoms with Gasteiger partial charge in [0.15, 0.2) is 5.60 Å². The second kappa shape index (κ2) is 40.6. The molecule has 8 rings (SSSR count). The van der Waals surface area contributed by atoms with Crippen LogP contribution >= 0.6 is 0 Å². The molecule has 10 amide bonds. The first-order valence-corrected chi connectivity index (χ1v) is 35.7. The highest BCUT2D eigenvalue weighted by Crippen LogP contribution is 2.46. The molecule has 580 valence electrons. The number of nitrogens with zero attached hydrogens (tertiary/aromatic N) is 3. The van der Waals surface area contributed by atoms with Crippen LogP contribution < -0.4 is 48.5 Å². The number of aryl methyl sites for hydroxylation is 1. The lowest BCUT2D eigenvalue weighted by molar-refractivity contribution is -0.172. The van der Waals surface area contributed by atoms with Gasteiger partial charge < -0.3 is 100.0 Å². The van der Waals surface area contributed by atoms with Crippen LogP contribution in [0.15, 0.2) is 41.2 Å². The number of anilines is 1. The van der Waals surface area contributed by atoms with E-state index in [4.69, 9.17) is 58.1 Å². The Bertz CT molecular complexity index is 3840. The highest BCUT2D eigenvalue weighted by atomic mass is 19.1. The Kier molecular flexibility index (Phi) is 31.6. The van der Waals surface area contributed by atoms with Crippen molar-refractivity contribution < 1.29 is 105 Å². The van der Waals surface area contributed by atoms with Crippen LogP contribution in [0.2, 0.25) is 0 Å². The summed E-state index contributed by atoms with van der Waals surface area (Å²) < 4.78 is 71.2. The predicted molar refractivity (Wildman–Crippen MR) is 376 cm³/mol. The third-order valence-corrected chi connectivity index (χ3v) is 18.4. The first-order valence-electron chi connectivity index (χ1n) is 35.7. The summed E-state index contributed by atoms with van der Waals surface area (Å²) in [7, 11) is 1.61. The van der Waals surface area contributed by atoms with E-state index < -0.39 is 119 Å². The van der Waals surface area contributed by atoms with Gasteiger partial charge in [-0.1, -0.05) is 39.8 Å². The monoisotopic (exact) mass is 1490 g/mol. The summed E-state index contributed by atoms with van der Waals surface area (Å²) in [5.41, 5.74) is 7.04. The van der Waals surface area contributed by atoms with Crippen molar-refractivity contribution in [3.8, 4) is 11.4 Å². The smallest absolute Gasteiger partial charge is 0.407 e. The number of methoxy groups -OCH3 is 1. The van der Waals surface area contributed by atoms with E-state index in [2.05, 4.69) is 37.2 Å². The number of benzene rings is 2. The van der Waals surface area contributed by atoms with Crippen LogP contribution in [0.3, 0.4) is 0 Å². The summed E-state index contributed by atoms with van der Waals surface area (Å²) in [6.45, 7) is 12.3. The topological polar surface area (TPSA) is 432 Å². The first-order chi connectivity index (χ1) is 50.9. The second-order valence-electron chi connectivity index (χ2n) is 26.2. The molecule has 1 fully saturated rings. The van der Waals surface area contributed by atoms with Gasteiger partial charge in [-0.2, -0.15) is 0 Å². The fraction of sp³-hybridized carbons (Fsp3) is 0.583. The predicted octanol–water partition coefficient (Wildman–Crippen LogP) is 1.99. The molecular formula is C72H98FN11O22. The lowest BCUT2D eigenvalue weighted by atomic mass is 9.81. The van der Waals surface area contributed by atoms with Crippen LogP contribution in [0.25, 0.3) is 22.3 Å². The first kappa shape index (κ1) is 82.5. The number of rotatable bonds is 45. The quantitative estimate of drug-likeness (QED) is 0.0153. The molecule has 106 heavy (non-hydrogen) atoms. The summed E-state index contributed by atoms with van der Waals surface area (Å²) in [5, 5.41) is 30.9. The highest BCUT2D eigenvalue weighted by molar-refractivity contribution is 6.06. The fourth-order valence-corrected chi connectivity index (χ4v) is 12.6. The average Bonchev–Trinajstić information content (AvgIpc) is 1.50. The van der Waals surface area contributed by atoms with Gasteiger partial charge in [-0.05, 0) is 91.8 Å². The maximum atomic E-state index is 15.6. The van der Waals surface area contributed by atoms with Crippen molar-refractivity contribution in [2.45, 2.75) is 136 Å². The number of esters is 1. The Labute approximate surface area is 612 Å². The summed E-state index contributed by atoms with van der Waals surface area (Å²) in [4.78, 5) is 152. The van der Waals surface area contributed by atoms with Gasteiger partial charge in [0.2, 0.25) is 41.4 Å². The molecule has 2 aromatic heterocycles. The number of nitrogens with two attached hydrogens (primary N) is 1. The number of hydrogen-bond acceptors (Lipinski definition) is 23. The van der Waals surface area contributed by atoms with Gasteiger partial charge in [-0.15, -0.1) is 0 Å². The Balaban J connectivity index is 0.810. The molecule has 1 aliphatic carbocycles. The SMILES string of the molecule is CC[C@@]1(O)C(=O)OCc2c1cc1n(c2=O)Cc2c-1nc1cc(F)c(C)c3c1c2[C@@H](NC(=O)OCc1ccc(NC(=O)C(CCCNC(N)=O)NC(=O)[C@@H](NC(=O)[C@H](CCNC(=O)CCOCCOCCOCCOCCOCCOCCOCCOC)NC(=O)CN2C(=O)CC(C)C2=O)C(C)C)cc1)CC3. The van der Waals surface area contributed by atoms with Crippen LogP contribution in [0.1, 0.15) is 118 Å². The Morgan fingerprint density at radius 1 is 0.745 bits per heavy atom. The van der Waals surface area contributed by atoms with Crippen molar-refractivity contribution in [1.82, 2.24) is 46.4 Å². The van der Waals surface area contributed by atoms with E-state index in [9.17, 15) is 57.8 Å². The minimum Gasteiger partial charge on any atom is -0.458 e. The minimum absolute atomic E-state index is 0.0275. The summed E-state index contributed by atoms with van der Waals surface area (Å²) in [5.74, 6) is -7.44. The normalized spacial score (nSPS) is 17.2. The van der Waals surface area contributed by atoms with Crippen LogP contribution in [0.5, 0.6) is 0 Å². The molecule has 3 aliphatic heterocycles. The number of aliphatic hydroxyl groups is 1. The molecule has 2 aromatic carbocycles. The zero-order valence-electron chi connectivity index (χ0n) is 60.8. The zero-order chi connectivity index (χ0) is 76.5. The van der Waals surface area contributed by atoms with Gasteiger partial charge >= 0.3 is 18.1 Å². The number of cyclic esters (lactones) is 1. The van der Waals surface area contributed by atoms with E-state index in [-0.39, 0.29) is 108 Å². The number of carbonyl (C=O) groups excluding carboxylic acids is 10. The molecule has 2 unspecified atom stereocenters. The number of aromatic nitrogens is 2. The Morgan fingerprint density at radius 3 is 1.94 bits per heavy atom. The number of nitrogens with one attached hydrogen (secondary N) is 7. The number of ether oxygens (including phenoxy) is 10. The van der Waals surface area contributed by atoms with E-state index in [1.807, 2.05) is 0 Å². The van der Waals surface area contributed by atoms with Crippen LogP contribution in [-0.2, 0) is 118 Å². The van der Waals surface area contributed by atoms with Gasteiger partial charge in [0.25, 0.3) is 5.56 Å². The standard InChI is InChI=1S/C72H98FN11O22/c1-7-72(96)50-36-56-63-48(38-83(56)68(92)49(50)41-105-69(72)93)61-52(15-14-47-44(5)51(73)37-55(79-63)60(47)61)81-71(95)106-40-45-10-12-46(13-11-45)77-64(88)53(9-8-18-76-70(74)94)80-66(90)62(42(2)3)82-65(89)54(78-58(86)39-84-59(87)35-43(4)67(84)91)16-19-75-57(85)17-20-98-23-24-100-27-28-102-31-32-104-34-33-103-30-29-101-26-25-99-22-21-97-6/h10-13,36-37,42-43,52-54,62,96H,7-9,14-35,38-41H2,1-6H3,(H,75,85)(H,77,88)(H,78,86)(H,80,90)(H,81,95)(H,82,89)(H3,74,76,94)/t43?,52-,53?,54-,62-,72-/m0/s1. The zero-order valence-corrected chi connectivity index (χ0v) is 60.8. The number of hydrogen-bond donors (Lipinski definition) is 9. The van der Waals surface area contributed by atoms with Gasteiger partial charge in [0.1, 0.15) is 43.7 Å². The molecule has 0 radical (unpaired) electrons. The maximum absolute atomic E-state index is 15.6. The van der Waals surface area contributed by atoms with Crippen LogP contribution in [-0.4, -0.2) is 223 Å². The molecule has 1 saturated heterocycles. The van der Waals surface area contributed by atoms with Crippen molar-refractivity contribution in [3.63, 3.8) is 0 Å². The average molecular weight is 1490 g/mol. The highest BCUT2D eigenvalue weighted by Gasteiger charge is 2.46. The van der Waals surface area contributed by atoms with Crippen molar-refractivity contribution in [3.05, 3.63) is 91.5 Å². The fourth-order valence-electron chi connectivity index (χ4n) is 12.6. The molecule has 10 N–H and O–H groups in total. The number of pyridine rings is 2. The maximum Gasteiger partial charge on any atom is 0.407 e. The van der Waals surface area contributed by atoms with E-state index >= 15 is 4.39 Å². The Hall–Kier alpha value is -9.13. The van der Waals surface area contributed by atoms with Crippen molar-refractivity contribution in [2.75, 3.05) is 131 Å². The third-order valence-electron chi connectivity index (χ3n) is 18.4. The van der Waals surface area contributed by atoms with Crippen molar-refractivity contribution in [2.24, 2.45) is 17.6 Å². The largest absolute Gasteiger partial charge is 0.458 e. The third kappa shape index (κ3) is 22.5. The summed E-state index contributed by atoms with van der Waals surface area (Å²) in [6, 6.07) is 3.60. The molecule has 33 nitrogen and oxygen atoms in total. The molecule has 4 aliphatic rings. The molecule has 0 saturated carbocycles. The number of imide groups is 1. The number of likely N-dealkylation sites (tertiary alicyclic amines) is 1. The number of urea groups is 1. The number of fused-ring (bicyclic) bond motifs is 5. The molecule has 0 spiro atoms. The molecule has 4 aromatic rings. The number of halogens is 1. The molecule has 6 atom stereocenters. The number of alkyl carbamates (subject to hydrolysis) is 1. The van der Waals surface area contributed by atoms with E-state index in [1.54, 1.807) is 59.9 Å². The minimum atomic E-state index is -2.08. The molecule has 34 heteroatoms. The van der Waals surface area contributed by atoms with Crippen LogP contribution in [0, 0.1) is 24.6 Å². The van der Waals surface area contributed by atoms with E-state index in [1.165, 1.54) is 22.8 Å². The molecule has 5 heterocycles. The van der Waals surface area contributed by atoms with Crippen molar-refractivity contribution >= 4 is 76.0 Å². The van der Waals surface area contributed by atoms with E-state index in [0.29, 0.717) is 142 Å². The van der Waals surface area contributed by atoms with Gasteiger partial charge in [0, 0.05) is 67.2 Å². The second-order valence-corrected chi connectivity index (χ2v) is 26.2. The number of amides is 10. The van der Waals surface area contributed by atoms with Gasteiger partial charge in [-0.3, -0.25) is 43.3 Å². The molecule has 0 bridgehead atoms. The van der Waals surface area contributed by atoms with Crippen LogP contribution in [0.4, 0.5) is 19.7 Å². The molecular weight excluding hydrogens is 1390 g/mol. The lowest BCUT2D eigenvalue weighted by Crippen LogP contribution is -2.58. The summed E-state index contributed by atoms with van der Waals surface area (Å²) >= 11 is 0. The van der Waals surface area contributed by atoms with E-state index in [0.717, 1.165) is 4.90 Å². The Morgan fingerprint density at radius 2 is 1.36 bits per heavy atom. The lowest BCUT2D eigenvalue weighted by Gasteiger charge is -2.31. The summed E-state index contributed by atoms with van der Waals surface area (Å²) in [6.07, 6.45) is -0.418. The number of carbonyl (C=O) groups is 10.